The minimum Gasteiger partial charge on any atom is -0.339 e. The second-order valence-corrected chi connectivity index (χ2v) is 6.77. The molecule has 0 aliphatic carbocycles. The van der Waals surface area contributed by atoms with Crippen LogP contribution in [0.2, 0.25) is 0 Å². The van der Waals surface area contributed by atoms with Crippen molar-refractivity contribution in [1.29, 1.82) is 0 Å². The molecular formula is C17H24N4O2. The highest BCUT2D eigenvalue weighted by Gasteiger charge is 2.25. The van der Waals surface area contributed by atoms with Crippen LogP contribution in [0.1, 0.15) is 51.3 Å². The van der Waals surface area contributed by atoms with Crippen LogP contribution in [0.15, 0.2) is 10.6 Å². The average molecular weight is 316 g/mol. The minimum absolute atomic E-state index is 0.103. The number of carbonyl (C=O) groups excluding carboxylic acids is 1. The maximum atomic E-state index is 12.3. The van der Waals surface area contributed by atoms with Crippen molar-refractivity contribution in [3.8, 4) is 11.4 Å². The Labute approximate surface area is 136 Å². The number of aryl methyl sites for hydroxylation is 3. The molecule has 0 aliphatic rings. The Morgan fingerprint density at radius 3 is 2.57 bits per heavy atom. The zero-order valence-electron chi connectivity index (χ0n) is 14.6. The fourth-order valence-corrected chi connectivity index (χ4v) is 2.18. The van der Waals surface area contributed by atoms with E-state index in [9.17, 15) is 4.79 Å². The molecule has 6 nitrogen and oxygen atoms in total. The quantitative estimate of drug-likeness (QED) is 0.930. The van der Waals surface area contributed by atoms with E-state index in [2.05, 4.69) is 27.4 Å². The van der Waals surface area contributed by atoms with E-state index >= 15 is 0 Å². The number of aromatic nitrogens is 3. The van der Waals surface area contributed by atoms with E-state index in [0.29, 0.717) is 23.1 Å². The zero-order chi connectivity index (χ0) is 17.2. The first-order chi connectivity index (χ1) is 10.7. The largest absolute Gasteiger partial charge is 0.339 e. The molecule has 0 saturated carbocycles. The minimum atomic E-state index is -0.513. The van der Waals surface area contributed by atoms with Crippen molar-refractivity contribution < 1.29 is 9.32 Å². The first-order valence-corrected chi connectivity index (χ1v) is 7.85. The highest BCUT2D eigenvalue weighted by molar-refractivity contribution is 5.97. The second kappa shape index (κ2) is 6.48. The fraction of sp³-hybridized carbons (Fsp3) is 0.529. The number of rotatable bonds is 4. The highest BCUT2D eigenvalue weighted by atomic mass is 16.5. The van der Waals surface area contributed by atoms with Crippen LogP contribution in [0.4, 0.5) is 5.82 Å². The van der Waals surface area contributed by atoms with Gasteiger partial charge in [-0.25, -0.2) is 4.98 Å². The van der Waals surface area contributed by atoms with Gasteiger partial charge in [0, 0.05) is 17.5 Å². The van der Waals surface area contributed by atoms with Gasteiger partial charge in [0.25, 0.3) is 0 Å². The molecule has 0 saturated heterocycles. The molecule has 2 aromatic heterocycles. The maximum absolute atomic E-state index is 12.3. The predicted molar refractivity (Wildman–Crippen MR) is 89.1 cm³/mol. The van der Waals surface area contributed by atoms with Crippen LogP contribution in [0.25, 0.3) is 11.4 Å². The molecule has 0 aliphatic heterocycles. The smallest absolute Gasteiger partial charge is 0.230 e. The second-order valence-electron chi connectivity index (χ2n) is 6.77. The number of nitrogens with one attached hydrogen (secondary N) is 1. The summed E-state index contributed by atoms with van der Waals surface area (Å²) in [6.45, 7) is 11.5. The monoisotopic (exact) mass is 316 g/mol. The molecule has 1 amide bonds. The third-order valence-electron chi connectivity index (χ3n) is 3.41. The van der Waals surface area contributed by atoms with Gasteiger partial charge in [0.15, 0.2) is 0 Å². The normalized spacial score (nSPS) is 11.6. The van der Waals surface area contributed by atoms with Crippen molar-refractivity contribution in [2.75, 3.05) is 5.32 Å². The summed E-state index contributed by atoms with van der Waals surface area (Å²) < 4.78 is 5.27. The van der Waals surface area contributed by atoms with E-state index in [-0.39, 0.29) is 5.91 Å². The van der Waals surface area contributed by atoms with Crippen molar-refractivity contribution in [3.05, 3.63) is 23.2 Å². The molecule has 1 N–H and O–H groups in total. The summed E-state index contributed by atoms with van der Waals surface area (Å²) >= 11 is 0. The molecular weight excluding hydrogens is 292 g/mol. The Kier molecular flexibility index (Phi) is 4.82. The first-order valence-electron chi connectivity index (χ1n) is 7.85. The number of amides is 1. The number of hydrogen-bond acceptors (Lipinski definition) is 5. The molecule has 2 rings (SSSR count). The Balaban J connectivity index is 2.47. The third kappa shape index (κ3) is 3.94. The molecule has 0 spiro atoms. The predicted octanol–water partition coefficient (Wildman–Crippen LogP) is 3.69. The summed E-state index contributed by atoms with van der Waals surface area (Å²) in [6.07, 6.45) is 1.66. The number of carbonyl (C=O) groups is 1. The number of pyridine rings is 1. The molecule has 124 valence electrons. The Morgan fingerprint density at radius 2 is 1.96 bits per heavy atom. The number of anilines is 1. The van der Waals surface area contributed by atoms with E-state index in [1.54, 1.807) is 0 Å². The average Bonchev–Trinajstić information content (AvgIpc) is 2.85. The molecule has 6 heteroatoms. The van der Waals surface area contributed by atoms with Gasteiger partial charge in [-0.2, -0.15) is 4.98 Å². The third-order valence-corrected chi connectivity index (χ3v) is 3.41. The fourth-order valence-electron chi connectivity index (χ4n) is 2.18. The Bertz CT molecular complexity index is 714. The molecule has 2 heterocycles. The van der Waals surface area contributed by atoms with Crippen LogP contribution in [0, 0.1) is 19.3 Å². The van der Waals surface area contributed by atoms with E-state index in [4.69, 9.17) is 4.52 Å². The van der Waals surface area contributed by atoms with Crippen LogP contribution in [0.3, 0.4) is 0 Å². The topological polar surface area (TPSA) is 80.9 Å². The van der Waals surface area contributed by atoms with Crippen molar-refractivity contribution in [2.45, 2.75) is 54.4 Å². The summed E-state index contributed by atoms with van der Waals surface area (Å²) in [7, 11) is 0. The Morgan fingerprint density at radius 1 is 1.26 bits per heavy atom. The van der Waals surface area contributed by atoms with Gasteiger partial charge in [-0.15, -0.1) is 0 Å². The summed E-state index contributed by atoms with van der Waals surface area (Å²) in [6, 6.07) is 1.94. The standard InChI is InChI=1S/C17H24N4O2/c1-7-8-12-19-15(21-23-12)13-10(2)9-11(3)18-14(13)20-16(22)17(4,5)6/h9H,7-8H2,1-6H3,(H,18,20,22). The zero-order valence-corrected chi connectivity index (χ0v) is 14.6. The molecule has 0 bridgehead atoms. The Hall–Kier alpha value is -2.24. The number of nitrogens with zero attached hydrogens (tertiary/aromatic N) is 3. The SMILES string of the molecule is CCCc1nc(-c2c(C)cc(C)nc2NC(=O)C(C)(C)C)no1. The van der Waals surface area contributed by atoms with Gasteiger partial charge in [0.1, 0.15) is 5.82 Å². The van der Waals surface area contributed by atoms with Gasteiger partial charge < -0.3 is 9.84 Å². The molecule has 23 heavy (non-hydrogen) atoms. The van der Waals surface area contributed by atoms with Crippen molar-refractivity contribution in [1.82, 2.24) is 15.1 Å². The van der Waals surface area contributed by atoms with Crippen molar-refractivity contribution in [3.63, 3.8) is 0 Å². The van der Waals surface area contributed by atoms with Crippen molar-refractivity contribution in [2.24, 2.45) is 5.41 Å². The molecule has 2 aromatic rings. The van der Waals surface area contributed by atoms with Crippen LogP contribution in [-0.2, 0) is 11.2 Å². The molecule has 0 atom stereocenters. The van der Waals surface area contributed by atoms with Gasteiger partial charge in [-0.05, 0) is 31.9 Å². The van der Waals surface area contributed by atoms with Crippen LogP contribution in [-0.4, -0.2) is 21.0 Å². The van der Waals surface area contributed by atoms with Crippen molar-refractivity contribution >= 4 is 11.7 Å². The lowest BCUT2D eigenvalue weighted by molar-refractivity contribution is -0.123. The van der Waals surface area contributed by atoms with E-state index < -0.39 is 5.41 Å². The lowest BCUT2D eigenvalue weighted by atomic mass is 9.95. The molecule has 0 radical (unpaired) electrons. The van der Waals surface area contributed by atoms with Gasteiger partial charge in [-0.3, -0.25) is 4.79 Å². The summed E-state index contributed by atoms with van der Waals surface area (Å²) in [4.78, 5) is 21.2. The van der Waals surface area contributed by atoms with Gasteiger partial charge in [-0.1, -0.05) is 32.9 Å². The van der Waals surface area contributed by atoms with E-state index in [0.717, 1.165) is 24.1 Å². The van der Waals surface area contributed by atoms with Gasteiger partial charge in [0.05, 0.1) is 5.56 Å². The lowest BCUT2D eigenvalue weighted by Gasteiger charge is -2.19. The highest BCUT2D eigenvalue weighted by Crippen LogP contribution is 2.30. The van der Waals surface area contributed by atoms with Crippen LogP contribution in [0.5, 0.6) is 0 Å². The molecule has 0 aromatic carbocycles. The number of hydrogen-bond donors (Lipinski definition) is 1. The summed E-state index contributed by atoms with van der Waals surface area (Å²) in [5.41, 5.74) is 1.97. The first kappa shape index (κ1) is 17.1. The van der Waals surface area contributed by atoms with Crippen LogP contribution < -0.4 is 5.32 Å². The summed E-state index contributed by atoms with van der Waals surface area (Å²) in [5.74, 6) is 1.43. The van der Waals surface area contributed by atoms with E-state index in [1.807, 2.05) is 40.7 Å². The molecule has 0 fully saturated rings. The van der Waals surface area contributed by atoms with E-state index in [1.165, 1.54) is 0 Å². The lowest BCUT2D eigenvalue weighted by Crippen LogP contribution is -2.28. The van der Waals surface area contributed by atoms with Gasteiger partial charge in [0.2, 0.25) is 17.6 Å². The maximum Gasteiger partial charge on any atom is 0.230 e. The molecule has 0 unspecified atom stereocenters. The van der Waals surface area contributed by atoms with Crippen LogP contribution >= 0.6 is 0 Å². The summed E-state index contributed by atoms with van der Waals surface area (Å²) in [5, 5.41) is 6.95. The van der Waals surface area contributed by atoms with Gasteiger partial charge >= 0.3 is 0 Å².